The van der Waals surface area contributed by atoms with Crippen molar-refractivity contribution in [1.82, 2.24) is 5.32 Å². The Bertz CT molecular complexity index is 679. The van der Waals surface area contributed by atoms with Crippen molar-refractivity contribution in [1.29, 1.82) is 0 Å². The molecule has 0 unspecified atom stereocenters. The predicted octanol–water partition coefficient (Wildman–Crippen LogP) is 2.25. The Balaban J connectivity index is 1.75. The molecule has 21 heavy (non-hydrogen) atoms. The number of amides is 2. The first-order valence-corrected chi connectivity index (χ1v) is 6.58. The Kier molecular flexibility index (Phi) is 3.35. The van der Waals surface area contributed by atoms with Gasteiger partial charge in [-0.05, 0) is 30.2 Å². The number of aromatic carboxylic acids is 1. The van der Waals surface area contributed by atoms with Crippen molar-refractivity contribution in [2.45, 2.75) is 13.0 Å². The van der Waals surface area contributed by atoms with Gasteiger partial charge >= 0.3 is 12.0 Å². The lowest BCUT2D eigenvalue weighted by atomic mass is 10.1. The first-order valence-electron chi connectivity index (χ1n) is 6.58. The number of carboxylic acids is 1. The molecule has 0 aliphatic carbocycles. The molecule has 108 valence electrons. The molecule has 0 fully saturated rings. The van der Waals surface area contributed by atoms with E-state index in [1.807, 2.05) is 0 Å². The van der Waals surface area contributed by atoms with Crippen LogP contribution in [-0.4, -0.2) is 23.7 Å². The van der Waals surface area contributed by atoms with Gasteiger partial charge in [-0.2, -0.15) is 0 Å². The van der Waals surface area contributed by atoms with Crippen LogP contribution in [0.4, 0.5) is 10.5 Å². The number of anilines is 1. The molecular formula is C15H14N2O4. The van der Waals surface area contributed by atoms with Crippen LogP contribution in [0.5, 0.6) is 0 Å². The van der Waals surface area contributed by atoms with Gasteiger partial charge in [0.05, 0.1) is 18.1 Å². The highest BCUT2D eigenvalue weighted by Crippen LogP contribution is 2.29. The van der Waals surface area contributed by atoms with Gasteiger partial charge in [0.15, 0.2) is 0 Å². The summed E-state index contributed by atoms with van der Waals surface area (Å²) in [5.41, 5.74) is 2.71. The minimum absolute atomic E-state index is 0.184. The molecule has 1 aliphatic rings. The molecular weight excluding hydrogens is 272 g/mol. The average Bonchev–Trinajstić information content (AvgIpc) is 3.13. The fraction of sp³-hybridized carbons (Fsp3) is 0.200. The number of rotatable bonds is 3. The van der Waals surface area contributed by atoms with Crippen molar-refractivity contribution in [2.75, 3.05) is 11.4 Å². The quantitative estimate of drug-likeness (QED) is 0.906. The van der Waals surface area contributed by atoms with Crippen molar-refractivity contribution in [2.24, 2.45) is 0 Å². The molecule has 0 spiro atoms. The van der Waals surface area contributed by atoms with Crippen LogP contribution in [0.15, 0.2) is 41.2 Å². The van der Waals surface area contributed by atoms with Crippen molar-refractivity contribution >= 4 is 17.7 Å². The number of carbonyl (C=O) groups excluding carboxylic acids is 1. The van der Waals surface area contributed by atoms with Gasteiger partial charge in [0, 0.05) is 24.3 Å². The second kappa shape index (κ2) is 5.32. The molecule has 1 aliphatic heterocycles. The molecule has 6 nitrogen and oxygen atoms in total. The van der Waals surface area contributed by atoms with Crippen molar-refractivity contribution < 1.29 is 19.1 Å². The van der Waals surface area contributed by atoms with Gasteiger partial charge in [0.25, 0.3) is 0 Å². The Morgan fingerprint density at radius 1 is 1.33 bits per heavy atom. The zero-order valence-corrected chi connectivity index (χ0v) is 11.2. The third kappa shape index (κ3) is 2.60. The maximum Gasteiger partial charge on any atom is 0.335 e. The summed E-state index contributed by atoms with van der Waals surface area (Å²) in [4.78, 5) is 24.8. The summed E-state index contributed by atoms with van der Waals surface area (Å²) in [5, 5.41) is 11.8. The van der Waals surface area contributed by atoms with Crippen LogP contribution in [-0.2, 0) is 13.0 Å². The summed E-state index contributed by atoms with van der Waals surface area (Å²) in [6, 6.07) is 6.41. The van der Waals surface area contributed by atoms with Crippen molar-refractivity contribution in [3.05, 3.63) is 53.5 Å². The lowest BCUT2D eigenvalue weighted by molar-refractivity contribution is 0.0697. The molecule has 0 atom stereocenters. The third-order valence-corrected chi connectivity index (χ3v) is 3.50. The lowest BCUT2D eigenvalue weighted by Gasteiger charge is -2.18. The van der Waals surface area contributed by atoms with E-state index in [4.69, 9.17) is 9.52 Å². The molecule has 1 aromatic carbocycles. The number of hydrogen-bond donors (Lipinski definition) is 2. The van der Waals surface area contributed by atoms with E-state index in [9.17, 15) is 9.59 Å². The smallest absolute Gasteiger partial charge is 0.335 e. The number of benzene rings is 1. The Hall–Kier alpha value is -2.76. The fourth-order valence-electron chi connectivity index (χ4n) is 2.39. The van der Waals surface area contributed by atoms with Crippen molar-refractivity contribution in [3.63, 3.8) is 0 Å². The monoisotopic (exact) mass is 286 g/mol. The molecule has 2 heterocycles. The molecule has 0 radical (unpaired) electrons. The van der Waals surface area contributed by atoms with Crippen LogP contribution in [0.1, 0.15) is 21.5 Å². The SMILES string of the molecule is O=C(O)c1ccc2c(c1)N(C(=O)NCc1ccoc1)CC2. The number of carbonyl (C=O) groups is 2. The number of furan rings is 1. The van der Waals surface area contributed by atoms with Crippen LogP contribution in [0.3, 0.4) is 0 Å². The predicted molar refractivity (Wildman–Crippen MR) is 75.4 cm³/mol. The van der Waals surface area contributed by atoms with E-state index in [1.165, 1.54) is 0 Å². The molecule has 6 heteroatoms. The molecule has 2 N–H and O–H groups in total. The number of urea groups is 1. The van der Waals surface area contributed by atoms with E-state index < -0.39 is 5.97 Å². The number of hydrogen-bond acceptors (Lipinski definition) is 3. The Morgan fingerprint density at radius 2 is 2.19 bits per heavy atom. The number of nitrogens with zero attached hydrogens (tertiary/aromatic N) is 1. The van der Waals surface area contributed by atoms with Crippen molar-refractivity contribution in [3.8, 4) is 0 Å². The molecule has 1 aromatic heterocycles. The van der Waals surface area contributed by atoms with E-state index >= 15 is 0 Å². The summed E-state index contributed by atoms with van der Waals surface area (Å²) < 4.78 is 4.94. The van der Waals surface area contributed by atoms with E-state index in [0.29, 0.717) is 18.8 Å². The second-order valence-electron chi connectivity index (χ2n) is 4.84. The average molecular weight is 286 g/mol. The minimum atomic E-state index is -0.997. The van der Waals surface area contributed by atoms with E-state index in [2.05, 4.69) is 5.32 Å². The van der Waals surface area contributed by atoms with Gasteiger partial charge in [-0.3, -0.25) is 4.90 Å². The zero-order chi connectivity index (χ0) is 14.8. The number of fused-ring (bicyclic) bond motifs is 1. The van der Waals surface area contributed by atoms with Crippen LogP contribution < -0.4 is 10.2 Å². The van der Waals surface area contributed by atoms with E-state index in [-0.39, 0.29) is 11.6 Å². The molecule has 2 amide bonds. The van der Waals surface area contributed by atoms with Gasteiger partial charge in [0.1, 0.15) is 0 Å². The first kappa shape index (κ1) is 13.2. The second-order valence-corrected chi connectivity index (χ2v) is 4.84. The van der Waals surface area contributed by atoms with E-state index in [1.54, 1.807) is 41.7 Å². The van der Waals surface area contributed by atoms with Crippen LogP contribution in [0.25, 0.3) is 0 Å². The van der Waals surface area contributed by atoms with Gasteiger partial charge in [0.2, 0.25) is 0 Å². The third-order valence-electron chi connectivity index (χ3n) is 3.50. The highest BCUT2D eigenvalue weighted by molar-refractivity contribution is 5.96. The number of carboxylic acid groups (broad SMARTS) is 1. The molecule has 3 rings (SSSR count). The molecule has 0 bridgehead atoms. The fourth-order valence-corrected chi connectivity index (χ4v) is 2.39. The Morgan fingerprint density at radius 3 is 2.90 bits per heavy atom. The standard InChI is InChI=1S/C15H14N2O4/c18-14(19)12-2-1-11-3-5-17(13(11)7-12)15(20)16-8-10-4-6-21-9-10/h1-2,4,6-7,9H,3,5,8H2,(H,16,20)(H,18,19). The van der Waals surface area contributed by atoms with Crippen LogP contribution in [0.2, 0.25) is 0 Å². The highest BCUT2D eigenvalue weighted by atomic mass is 16.4. The van der Waals surface area contributed by atoms with Gasteiger partial charge in [-0.25, -0.2) is 9.59 Å². The maximum absolute atomic E-state index is 12.2. The van der Waals surface area contributed by atoms with E-state index in [0.717, 1.165) is 17.5 Å². The molecule has 0 saturated heterocycles. The normalized spacial score (nSPS) is 13.0. The maximum atomic E-state index is 12.2. The summed E-state index contributed by atoms with van der Waals surface area (Å²) in [6.45, 7) is 0.926. The highest BCUT2D eigenvalue weighted by Gasteiger charge is 2.25. The van der Waals surface area contributed by atoms with Crippen LogP contribution in [0, 0.1) is 0 Å². The molecule has 0 saturated carbocycles. The summed E-state index contributed by atoms with van der Waals surface area (Å²) in [5.74, 6) is -0.997. The topological polar surface area (TPSA) is 82.8 Å². The van der Waals surface area contributed by atoms with Gasteiger partial charge < -0.3 is 14.8 Å². The summed E-state index contributed by atoms with van der Waals surface area (Å²) in [7, 11) is 0. The van der Waals surface area contributed by atoms with Crippen LogP contribution >= 0.6 is 0 Å². The van der Waals surface area contributed by atoms with Gasteiger partial charge in [-0.1, -0.05) is 6.07 Å². The zero-order valence-electron chi connectivity index (χ0n) is 11.2. The largest absolute Gasteiger partial charge is 0.478 e. The first-order chi connectivity index (χ1) is 10.1. The lowest BCUT2D eigenvalue weighted by Crippen LogP contribution is -2.38. The summed E-state index contributed by atoms with van der Waals surface area (Å²) in [6.07, 6.45) is 3.85. The molecule has 2 aromatic rings. The minimum Gasteiger partial charge on any atom is -0.478 e. The Labute approximate surface area is 121 Å². The number of nitrogens with one attached hydrogen (secondary N) is 1. The summed E-state index contributed by atoms with van der Waals surface area (Å²) >= 11 is 0. The van der Waals surface area contributed by atoms with Gasteiger partial charge in [-0.15, -0.1) is 0 Å².